The highest BCUT2D eigenvalue weighted by molar-refractivity contribution is 6.29. The number of hydrogen-bond donors (Lipinski definition) is 2. The number of amides is 1. The van der Waals surface area contributed by atoms with Gasteiger partial charge in [0.2, 0.25) is 5.95 Å². The molecule has 1 aromatic carbocycles. The van der Waals surface area contributed by atoms with E-state index < -0.39 is 5.91 Å². The highest BCUT2D eigenvalue weighted by Gasteiger charge is 2.27. The first-order chi connectivity index (χ1) is 17.2. The maximum Gasteiger partial charge on any atom is 0.269 e. The zero-order valence-corrected chi connectivity index (χ0v) is 21.3. The molecular formula is C25H27ClN8O2. The highest BCUT2D eigenvalue weighted by Crippen LogP contribution is 2.31. The number of rotatable bonds is 6. The molecule has 0 radical (unpaired) electrons. The van der Waals surface area contributed by atoms with Crippen molar-refractivity contribution in [2.45, 2.75) is 46.4 Å². The Bertz CT molecular complexity index is 1570. The zero-order chi connectivity index (χ0) is 25.7. The molecule has 1 aliphatic rings. The highest BCUT2D eigenvalue weighted by atomic mass is 35.5. The van der Waals surface area contributed by atoms with Crippen molar-refractivity contribution in [1.29, 1.82) is 0 Å². The van der Waals surface area contributed by atoms with Gasteiger partial charge >= 0.3 is 0 Å². The number of hydrogen-bond acceptors (Lipinski definition) is 7. The van der Waals surface area contributed by atoms with Crippen LogP contribution in [0.5, 0.6) is 0 Å². The maximum absolute atomic E-state index is 13.5. The number of nitrogens with one attached hydrogen (secondary N) is 1. The van der Waals surface area contributed by atoms with Crippen LogP contribution in [0.15, 0.2) is 35.3 Å². The minimum absolute atomic E-state index is 0.0515. The van der Waals surface area contributed by atoms with Crippen molar-refractivity contribution in [3.05, 3.63) is 74.0 Å². The van der Waals surface area contributed by atoms with Gasteiger partial charge in [0.05, 0.1) is 41.1 Å². The molecule has 36 heavy (non-hydrogen) atoms. The Morgan fingerprint density at radius 3 is 2.75 bits per heavy atom. The van der Waals surface area contributed by atoms with E-state index in [0.717, 1.165) is 28.9 Å². The molecule has 3 N–H and O–H groups in total. The molecule has 0 saturated heterocycles. The van der Waals surface area contributed by atoms with Gasteiger partial charge in [0.15, 0.2) is 5.69 Å². The number of fused-ring (bicyclic) bond motifs is 2. The largest absolute Gasteiger partial charge is 0.377 e. The Morgan fingerprint density at radius 1 is 1.25 bits per heavy atom. The fraction of sp³-hybridized carbons (Fsp3) is 0.320. The number of halogens is 1. The third-order valence-electron chi connectivity index (χ3n) is 6.58. The third-order valence-corrected chi connectivity index (χ3v) is 6.79. The summed E-state index contributed by atoms with van der Waals surface area (Å²) in [7, 11) is 1.75. The molecule has 3 aromatic heterocycles. The number of nitrogens with two attached hydrogens (primary N) is 1. The molecule has 0 bridgehead atoms. The lowest BCUT2D eigenvalue weighted by Gasteiger charge is -2.23. The van der Waals surface area contributed by atoms with Gasteiger partial charge in [-0.25, -0.2) is 9.97 Å². The summed E-state index contributed by atoms with van der Waals surface area (Å²) in [5, 5.41) is 8.45. The Balaban J connectivity index is 1.59. The van der Waals surface area contributed by atoms with E-state index in [4.69, 9.17) is 22.3 Å². The molecule has 1 atom stereocenters. The van der Waals surface area contributed by atoms with Gasteiger partial charge in [0.1, 0.15) is 5.15 Å². The van der Waals surface area contributed by atoms with Crippen molar-refractivity contribution >= 4 is 40.0 Å². The van der Waals surface area contributed by atoms with Crippen LogP contribution in [0.4, 0.5) is 11.6 Å². The van der Waals surface area contributed by atoms with Gasteiger partial charge in [0, 0.05) is 31.3 Å². The first-order valence-corrected chi connectivity index (χ1v) is 12.1. The average molecular weight is 507 g/mol. The number of primary amides is 1. The van der Waals surface area contributed by atoms with E-state index in [1.165, 1.54) is 0 Å². The summed E-state index contributed by atoms with van der Waals surface area (Å²) >= 11 is 5.97. The van der Waals surface area contributed by atoms with Crippen molar-refractivity contribution in [3.8, 4) is 0 Å². The maximum atomic E-state index is 13.5. The molecule has 1 aliphatic heterocycles. The summed E-state index contributed by atoms with van der Waals surface area (Å²) in [4.78, 5) is 36.6. The van der Waals surface area contributed by atoms with Crippen LogP contribution in [-0.2, 0) is 26.7 Å². The second-order valence-electron chi connectivity index (χ2n) is 9.08. The second-order valence-corrected chi connectivity index (χ2v) is 9.46. The third kappa shape index (κ3) is 3.97. The topological polar surface area (TPSA) is 124 Å². The molecule has 1 amide bonds. The molecule has 0 spiro atoms. The molecule has 186 valence electrons. The molecule has 4 heterocycles. The summed E-state index contributed by atoms with van der Waals surface area (Å²) in [5.41, 5.74) is 10.5. The molecular weight excluding hydrogens is 480 g/mol. The first kappa shape index (κ1) is 23.8. The molecule has 5 rings (SSSR count). The van der Waals surface area contributed by atoms with Crippen LogP contribution >= 0.6 is 11.6 Å². The minimum atomic E-state index is -0.685. The van der Waals surface area contributed by atoms with E-state index in [1.807, 2.05) is 36.9 Å². The van der Waals surface area contributed by atoms with Crippen LogP contribution < -0.4 is 21.5 Å². The van der Waals surface area contributed by atoms with E-state index >= 15 is 0 Å². The number of nitrogens with zero attached hydrogens (tertiary/aromatic N) is 6. The van der Waals surface area contributed by atoms with Crippen molar-refractivity contribution in [3.63, 3.8) is 0 Å². The summed E-state index contributed by atoms with van der Waals surface area (Å²) in [6.07, 6.45) is 1.88. The molecule has 0 saturated carbocycles. The number of carbonyl (C=O) groups is 1. The Morgan fingerprint density at radius 2 is 2.03 bits per heavy atom. The summed E-state index contributed by atoms with van der Waals surface area (Å²) in [5.74, 6) is -0.0931. The van der Waals surface area contributed by atoms with Gasteiger partial charge in [-0.2, -0.15) is 5.10 Å². The average Bonchev–Trinajstić information content (AvgIpc) is 3.43. The van der Waals surface area contributed by atoms with Crippen LogP contribution in [0, 0.1) is 6.92 Å². The van der Waals surface area contributed by atoms with E-state index in [2.05, 4.69) is 27.2 Å². The fourth-order valence-corrected chi connectivity index (χ4v) is 4.97. The second kappa shape index (κ2) is 8.94. The Hall–Kier alpha value is -3.92. The van der Waals surface area contributed by atoms with Gasteiger partial charge < -0.3 is 16.0 Å². The van der Waals surface area contributed by atoms with Gasteiger partial charge in [-0.3, -0.25) is 18.8 Å². The predicted octanol–water partition coefficient (Wildman–Crippen LogP) is 3.30. The number of carbonyl (C=O) groups excluding carboxylic acids is 1. The van der Waals surface area contributed by atoms with E-state index in [1.54, 1.807) is 23.7 Å². The predicted molar refractivity (Wildman–Crippen MR) is 139 cm³/mol. The number of anilines is 2. The fourth-order valence-electron chi connectivity index (χ4n) is 4.83. The van der Waals surface area contributed by atoms with Crippen molar-refractivity contribution in [1.82, 2.24) is 24.3 Å². The first-order valence-electron chi connectivity index (χ1n) is 11.7. The zero-order valence-electron chi connectivity index (χ0n) is 20.5. The number of pyridine rings is 1. The van der Waals surface area contributed by atoms with Gasteiger partial charge in [-0.15, -0.1) is 0 Å². The van der Waals surface area contributed by atoms with Gasteiger partial charge in [-0.05, 0) is 44.5 Å². The van der Waals surface area contributed by atoms with E-state index in [-0.39, 0.29) is 22.4 Å². The van der Waals surface area contributed by atoms with Gasteiger partial charge in [0.25, 0.3) is 11.5 Å². The van der Waals surface area contributed by atoms with Crippen LogP contribution in [0.2, 0.25) is 5.15 Å². The van der Waals surface area contributed by atoms with Gasteiger partial charge in [-0.1, -0.05) is 17.7 Å². The molecule has 0 fully saturated rings. The van der Waals surface area contributed by atoms with Crippen LogP contribution in [-0.4, -0.2) is 30.2 Å². The molecule has 4 aromatic rings. The lowest BCUT2D eigenvalue weighted by atomic mass is 10.0. The summed E-state index contributed by atoms with van der Waals surface area (Å²) in [6.45, 7) is 7.98. The molecule has 11 heteroatoms. The van der Waals surface area contributed by atoms with Crippen molar-refractivity contribution < 1.29 is 4.79 Å². The Labute approximate surface area is 212 Å². The monoisotopic (exact) mass is 506 g/mol. The lowest BCUT2D eigenvalue weighted by Crippen LogP contribution is -2.29. The summed E-state index contributed by atoms with van der Waals surface area (Å²) < 4.78 is 3.58. The minimum Gasteiger partial charge on any atom is -0.377 e. The standard InChI is InChI=1S/C25H27ClN8O2/c1-5-34-19-12-33(11-15(19)10-28-34)25-31-21-16(8-13(2)9-17(21)24(36)32(25)4)14(3)29-18-6-7-20(26)30-22(18)23(27)35/h6-10,14,29H,5,11-12H2,1-4H3,(H2,27,35). The SMILES string of the molecule is CCn1ncc2c1CN(c1nc3c(C(C)Nc4ccc(Cl)nc4C(N)=O)cc(C)cc3c(=O)n1C)C2. The smallest absolute Gasteiger partial charge is 0.269 e. The molecule has 1 unspecified atom stereocenters. The lowest BCUT2D eigenvalue weighted by molar-refractivity contribution is 0.0996. The number of benzene rings is 1. The van der Waals surface area contributed by atoms with Crippen LogP contribution in [0.1, 0.15) is 52.8 Å². The number of aryl methyl sites for hydroxylation is 2. The van der Waals surface area contributed by atoms with E-state index in [9.17, 15) is 9.59 Å². The van der Waals surface area contributed by atoms with E-state index in [0.29, 0.717) is 35.6 Å². The molecule has 0 aliphatic carbocycles. The normalized spacial score (nSPS) is 13.8. The van der Waals surface area contributed by atoms with Crippen LogP contribution in [0.25, 0.3) is 10.9 Å². The van der Waals surface area contributed by atoms with Crippen molar-refractivity contribution in [2.24, 2.45) is 12.8 Å². The quantitative estimate of drug-likeness (QED) is 0.384. The Kier molecular flexibility index (Phi) is 5.91. The summed E-state index contributed by atoms with van der Waals surface area (Å²) in [6, 6.07) is 6.80. The molecule has 10 nitrogen and oxygen atoms in total. The van der Waals surface area contributed by atoms with Crippen molar-refractivity contribution in [2.75, 3.05) is 10.2 Å². The van der Waals surface area contributed by atoms with Crippen LogP contribution in [0.3, 0.4) is 0 Å². The number of aromatic nitrogens is 5.